The monoisotopic (exact) mass is 765 g/mol. The number of piperidine rings is 2. The minimum atomic E-state index is -0.391. The number of aliphatic hydroxyl groups excluding tert-OH is 1. The molecule has 0 spiro atoms. The van der Waals surface area contributed by atoms with Crippen molar-refractivity contribution in [1.29, 1.82) is 0 Å². The number of fused-ring (bicyclic) bond motifs is 1. The van der Waals surface area contributed by atoms with E-state index in [9.17, 15) is 14.7 Å². The molecule has 3 heterocycles. The number of hydrogen-bond donors (Lipinski definition) is 1. The number of morpholine rings is 1. The van der Waals surface area contributed by atoms with Gasteiger partial charge in [0.1, 0.15) is 12.5 Å². The molecule has 4 saturated carbocycles. The highest BCUT2D eigenvalue weighted by molar-refractivity contribution is 6.27. The molecule has 7 aliphatic rings. The minimum absolute atomic E-state index is 0.00119. The third-order valence-corrected chi connectivity index (χ3v) is 14.4. The number of aliphatic hydroxyl groups is 1. The molecule has 11 heteroatoms. The topological polar surface area (TPSA) is 95.0 Å². The van der Waals surface area contributed by atoms with Gasteiger partial charge in [-0.1, -0.05) is 25.7 Å². The van der Waals surface area contributed by atoms with Gasteiger partial charge in [0.15, 0.2) is 0 Å². The lowest BCUT2D eigenvalue weighted by Gasteiger charge is -2.49. The average molecular weight is 766 g/mol. The number of carbonyl (C=O) groups is 2. The van der Waals surface area contributed by atoms with E-state index in [1.807, 2.05) is 4.90 Å². The first kappa shape index (κ1) is 41.6. The second-order valence-corrected chi connectivity index (χ2v) is 17.6. The minimum Gasteiger partial charge on any atom is -0.391 e. The van der Waals surface area contributed by atoms with Gasteiger partial charge in [0.25, 0.3) is 0 Å². The maximum Gasteiger partial charge on any atom is 0.249 e. The molecule has 3 aliphatic heterocycles. The summed E-state index contributed by atoms with van der Waals surface area (Å²) in [6, 6.07) is 2.39. The first-order chi connectivity index (χ1) is 25.9. The Morgan fingerprint density at radius 3 is 1.91 bits per heavy atom. The molecule has 0 radical (unpaired) electrons. The molecule has 0 aromatic rings. The summed E-state index contributed by atoms with van der Waals surface area (Å²) in [5, 5.41) is 10.5. The van der Waals surface area contributed by atoms with Crippen LogP contribution in [0.1, 0.15) is 129 Å². The summed E-state index contributed by atoms with van der Waals surface area (Å²) in [4.78, 5) is 34.8. The van der Waals surface area contributed by atoms with E-state index in [0.29, 0.717) is 36.8 Å². The van der Waals surface area contributed by atoms with E-state index in [1.54, 1.807) is 0 Å². The largest absolute Gasteiger partial charge is 0.391 e. The fourth-order valence-electron chi connectivity index (χ4n) is 11.3. The number of likely N-dealkylation sites (tertiary alicyclic amines) is 2. The van der Waals surface area contributed by atoms with Crippen molar-refractivity contribution in [3.63, 3.8) is 0 Å². The molecule has 0 unspecified atom stereocenters. The van der Waals surface area contributed by atoms with Crippen LogP contribution in [-0.4, -0.2) is 150 Å². The normalized spacial score (nSPS) is 35.2. The highest BCUT2D eigenvalue weighted by Gasteiger charge is 2.43. The second-order valence-electron chi connectivity index (χ2n) is 17.4. The summed E-state index contributed by atoms with van der Waals surface area (Å²) < 4.78 is 17.1. The van der Waals surface area contributed by atoms with Gasteiger partial charge in [0, 0.05) is 76.8 Å². The maximum absolute atomic E-state index is 12.6. The van der Waals surface area contributed by atoms with Crippen LogP contribution < -0.4 is 0 Å². The third-order valence-electron chi connectivity index (χ3n) is 14.1. The molecule has 0 aromatic carbocycles. The van der Waals surface area contributed by atoms with E-state index in [1.165, 1.54) is 51.4 Å². The average Bonchev–Trinajstić information content (AvgIpc) is 3.88. The van der Waals surface area contributed by atoms with E-state index < -0.39 is 6.10 Å². The predicted molar refractivity (Wildman–Crippen MR) is 209 cm³/mol. The molecule has 3 saturated heterocycles. The highest BCUT2D eigenvalue weighted by atomic mass is 35.5. The molecule has 0 aromatic heterocycles. The Morgan fingerprint density at radius 1 is 0.755 bits per heavy atom. The second kappa shape index (κ2) is 20.9. The van der Waals surface area contributed by atoms with Crippen molar-refractivity contribution in [2.24, 2.45) is 11.8 Å². The highest BCUT2D eigenvalue weighted by Crippen LogP contribution is 2.36. The van der Waals surface area contributed by atoms with E-state index >= 15 is 0 Å². The lowest BCUT2D eigenvalue weighted by Crippen LogP contribution is -2.61. The van der Waals surface area contributed by atoms with E-state index in [2.05, 4.69) is 28.5 Å². The lowest BCUT2D eigenvalue weighted by atomic mass is 9.87. The third kappa shape index (κ3) is 10.9. The molecule has 53 heavy (non-hydrogen) atoms. The Labute approximate surface area is 325 Å². The van der Waals surface area contributed by atoms with Gasteiger partial charge in [-0.2, -0.15) is 0 Å². The summed E-state index contributed by atoms with van der Waals surface area (Å²) in [7, 11) is 0. The number of hydrogen-bond acceptors (Lipinski definition) is 8. The lowest BCUT2D eigenvalue weighted by molar-refractivity contribution is -0.167. The summed E-state index contributed by atoms with van der Waals surface area (Å²) in [6.45, 7) is 12.3. The predicted octanol–water partition coefficient (Wildman–Crippen LogP) is 5.85. The summed E-state index contributed by atoms with van der Waals surface area (Å²) in [5.41, 5.74) is 0. The summed E-state index contributed by atoms with van der Waals surface area (Å²) in [6.07, 6.45) is 20.6. The first-order valence-electron chi connectivity index (χ1n) is 22.0. The molecule has 4 aliphatic carbocycles. The van der Waals surface area contributed by atoms with Crippen LogP contribution in [-0.2, 0) is 23.8 Å². The zero-order valence-corrected chi connectivity index (χ0v) is 34.0. The number of amides is 2. The van der Waals surface area contributed by atoms with Gasteiger partial charge in [0.2, 0.25) is 11.8 Å². The van der Waals surface area contributed by atoms with Crippen LogP contribution >= 0.6 is 11.6 Å². The first-order valence-corrected chi connectivity index (χ1v) is 22.5. The van der Waals surface area contributed by atoms with E-state index in [4.69, 9.17) is 25.8 Å². The Bertz CT molecular complexity index is 1120. The molecular formula is C42H73ClN4O6. The van der Waals surface area contributed by atoms with Crippen LogP contribution in [0, 0.1) is 11.8 Å². The number of carbonyl (C=O) groups excluding carboxylic acids is 2. The fourth-order valence-corrected chi connectivity index (χ4v) is 11.5. The number of alkyl halides is 1. The zero-order valence-electron chi connectivity index (χ0n) is 33.2. The Kier molecular flexibility index (Phi) is 16.5. The van der Waals surface area contributed by atoms with Gasteiger partial charge in [-0.3, -0.25) is 9.59 Å². The Balaban J connectivity index is 0.000000181. The standard InChI is InChI=1S/C21H37ClN2O3.C21H36N2O3/c1-2-27-15-16-7-8-18(13-16)23-11-9-17(10-12-23)24(21(26)14-22)19-5-3-4-6-20(19)25;1-2-25-14-16-7-8-18(13-16)22-11-9-17(10-12-22)23-19-5-3-4-6-20(19)26-15-21(23)24/h16-20,25H,2-15H2,1H3;16-20H,2-15H2,1H3/t2*16-,18+,19+,20+/m00/s1. The van der Waals surface area contributed by atoms with Gasteiger partial charge < -0.3 is 38.9 Å². The van der Waals surface area contributed by atoms with Crippen LogP contribution in [0.25, 0.3) is 0 Å². The van der Waals surface area contributed by atoms with Crippen molar-refractivity contribution in [2.45, 2.75) is 178 Å². The fraction of sp³-hybridized carbons (Fsp3) is 0.952. The van der Waals surface area contributed by atoms with Crippen LogP contribution in [0.3, 0.4) is 0 Å². The number of halogens is 1. The quantitative estimate of drug-likeness (QED) is 0.248. The Hall–Kier alpha value is -1.01. The summed E-state index contributed by atoms with van der Waals surface area (Å²) in [5.74, 6) is 1.72. The molecule has 2 amide bonds. The van der Waals surface area contributed by atoms with Crippen molar-refractivity contribution in [3.05, 3.63) is 0 Å². The van der Waals surface area contributed by atoms with Crippen molar-refractivity contribution >= 4 is 23.4 Å². The molecule has 7 fully saturated rings. The SMILES string of the molecule is CCOC[C@H]1CC[C@@H](N2CCC(N(C(=O)CCl)[C@@H]3CCCC[C@H]3O)CC2)C1.CCOC[C@H]1CC[C@@H](N2CCC(N3C(=O)CO[C@@H]4CCCC[C@H]43)CC2)C1. The van der Waals surface area contributed by atoms with Gasteiger partial charge in [-0.15, -0.1) is 11.6 Å². The number of nitrogens with zero attached hydrogens (tertiary/aromatic N) is 4. The molecule has 8 atom stereocenters. The van der Waals surface area contributed by atoms with Crippen molar-refractivity contribution in [2.75, 3.05) is 65.1 Å². The molecule has 0 bridgehead atoms. The molecule has 304 valence electrons. The van der Waals surface area contributed by atoms with Gasteiger partial charge in [0.05, 0.1) is 24.3 Å². The van der Waals surface area contributed by atoms with Gasteiger partial charge >= 0.3 is 0 Å². The van der Waals surface area contributed by atoms with Crippen LogP contribution in [0.4, 0.5) is 0 Å². The zero-order chi connectivity index (χ0) is 37.2. The van der Waals surface area contributed by atoms with E-state index in [0.717, 1.165) is 129 Å². The molecular weight excluding hydrogens is 692 g/mol. The maximum atomic E-state index is 12.6. The van der Waals surface area contributed by atoms with Crippen molar-refractivity contribution in [1.82, 2.24) is 19.6 Å². The van der Waals surface area contributed by atoms with Crippen molar-refractivity contribution < 1.29 is 28.9 Å². The Morgan fingerprint density at radius 2 is 1.32 bits per heavy atom. The summed E-state index contributed by atoms with van der Waals surface area (Å²) >= 11 is 5.93. The molecule has 1 N–H and O–H groups in total. The van der Waals surface area contributed by atoms with E-state index in [-0.39, 0.29) is 29.8 Å². The van der Waals surface area contributed by atoms with Crippen LogP contribution in [0.5, 0.6) is 0 Å². The van der Waals surface area contributed by atoms with Gasteiger partial charge in [-0.25, -0.2) is 0 Å². The molecule has 7 rings (SSSR count). The van der Waals surface area contributed by atoms with Crippen molar-refractivity contribution in [3.8, 4) is 0 Å². The number of rotatable bonds is 12. The van der Waals surface area contributed by atoms with Gasteiger partial charge in [-0.05, 0) is 116 Å². The van der Waals surface area contributed by atoms with Crippen LogP contribution in [0.15, 0.2) is 0 Å². The smallest absolute Gasteiger partial charge is 0.249 e. The molecule has 10 nitrogen and oxygen atoms in total. The number of ether oxygens (including phenoxy) is 3. The van der Waals surface area contributed by atoms with Crippen LogP contribution in [0.2, 0.25) is 0 Å².